The van der Waals surface area contributed by atoms with Gasteiger partial charge in [0.1, 0.15) is 10.8 Å². The summed E-state index contributed by atoms with van der Waals surface area (Å²) >= 11 is 1.49. The monoisotopic (exact) mass is 349 g/mol. The number of hydrogen-bond acceptors (Lipinski definition) is 6. The molecule has 0 spiro atoms. The zero-order valence-corrected chi connectivity index (χ0v) is 14.3. The molecule has 4 rings (SSSR count). The number of anilines is 1. The highest BCUT2D eigenvalue weighted by atomic mass is 32.1. The third-order valence-electron chi connectivity index (χ3n) is 3.78. The minimum absolute atomic E-state index is 0.470. The molecule has 0 saturated carbocycles. The molecule has 0 aliphatic carbocycles. The van der Waals surface area contributed by atoms with Crippen LogP contribution in [0.1, 0.15) is 0 Å². The predicted molar refractivity (Wildman–Crippen MR) is 98.9 cm³/mol. The fourth-order valence-electron chi connectivity index (χ4n) is 2.50. The molecular weight excluding hydrogens is 334 g/mol. The van der Waals surface area contributed by atoms with E-state index < -0.39 is 0 Å². The van der Waals surface area contributed by atoms with Gasteiger partial charge in [-0.15, -0.1) is 16.4 Å². The molecule has 0 atom stereocenters. The molecule has 2 aromatic carbocycles. The summed E-state index contributed by atoms with van der Waals surface area (Å²) in [7, 11) is 1.65. The number of nitrogens with two attached hydrogens (primary N) is 1. The molecule has 4 aromatic rings. The fourth-order valence-corrected chi connectivity index (χ4v) is 3.32. The number of ether oxygens (including phenoxy) is 1. The summed E-state index contributed by atoms with van der Waals surface area (Å²) in [6.07, 6.45) is 0. The van der Waals surface area contributed by atoms with E-state index in [0.29, 0.717) is 11.5 Å². The second-order valence-corrected chi connectivity index (χ2v) is 6.20. The highest BCUT2D eigenvalue weighted by Gasteiger charge is 2.17. The number of methoxy groups -OCH3 is 1. The summed E-state index contributed by atoms with van der Waals surface area (Å²) in [6, 6.07) is 17.4. The number of thiazole rings is 1. The minimum atomic E-state index is 0.470. The molecule has 0 amide bonds. The smallest absolute Gasteiger partial charge is 0.165 e. The van der Waals surface area contributed by atoms with E-state index in [1.807, 2.05) is 60.0 Å². The largest absolute Gasteiger partial charge is 0.497 e. The highest BCUT2D eigenvalue weighted by molar-refractivity contribution is 7.13. The second kappa shape index (κ2) is 6.37. The van der Waals surface area contributed by atoms with Crippen LogP contribution in [0.4, 0.5) is 5.82 Å². The van der Waals surface area contributed by atoms with Crippen molar-refractivity contribution in [2.24, 2.45) is 0 Å². The molecule has 0 unspecified atom stereocenters. The number of para-hydroxylation sites is 1. The van der Waals surface area contributed by atoms with E-state index in [4.69, 9.17) is 10.5 Å². The Kier molecular flexibility index (Phi) is 3.91. The van der Waals surface area contributed by atoms with Crippen molar-refractivity contribution < 1.29 is 4.74 Å². The first-order valence-electron chi connectivity index (χ1n) is 7.63. The third-order valence-corrected chi connectivity index (χ3v) is 4.63. The maximum absolute atomic E-state index is 6.25. The fraction of sp³-hybridized carbons (Fsp3) is 0.0556. The van der Waals surface area contributed by atoms with Gasteiger partial charge in [-0.3, -0.25) is 0 Å². The van der Waals surface area contributed by atoms with Gasteiger partial charge in [-0.25, -0.2) is 4.98 Å². The van der Waals surface area contributed by atoms with Crippen LogP contribution in [0.15, 0.2) is 60.0 Å². The van der Waals surface area contributed by atoms with Gasteiger partial charge in [0, 0.05) is 10.9 Å². The Morgan fingerprint density at radius 3 is 2.72 bits per heavy atom. The zero-order chi connectivity index (χ0) is 17.2. The molecule has 0 fully saturated rings. The average molecular weight is 349 g/mol. The molecule has 0 bridgehead atoms. The second-order valence-electron chi connectivity index (χ2n) is 5.34. The minimum Gasteiger partial charge on any atom is -0.497 e. The predicted octanol–water partition coefficient (Wildman–Crippen LogP) is 3.65. The van der Waals surface area contributed by atoms with E-state index in [1.165, 1.54) is 11.3 Å². The van der Waals surface area contributed by atoms with Crippen LogP contribution >= 0.6 is 11.3 Å². The number of nitrogens with zero attached hydrogens (tertiary/aromatic N) is 4. The Bertz CT molecular complexity index is 1010. The lowest BCUT2D eigenvalue weighted by Gasteiger charge is -2.02. The van der Waals surface area contributed by atoms with Crippen molar-refractivity contribution >= 4 is 17.2 Å². The number of nitrogen functional groups attached to an aromatic ring is 1. The first-order chi connectivity index (χ1) is 12.3. The molecule has 0 saturated heterocycles. The van der Waals surface area contributed by atoms with Gasteiger partial charge in [-0.05, 0) is 24.3 Å². The van der Waals surface area contributed by atoms with Gasteiger partial charge in [0.15, 0.2) is 11.5 Å². The topological polar surface area (TPSA) is 78.9 Å². The van der Waals surface area contributed by atoms with Crippen LogP contribution in [-0.4, -0.2) is 27.1 Å². The van der Waals surface area contributed by atoms with Gasteiger partial charge in [-0.1, -0.05) is 35.5 Å². The van der Waals surface area contributed by atoms with Crippen molar-refractivity contribution in [1.82, 2.24) is 20.0 Å². The molecule has 2 N–H and O–H groups in total. The molecule has 0 radical (unpaired) electrons. The summed E-state index contributed by atoms with van der Waals surface area (Å²) < 4.78 is 6.88. The van der Waals surface area contributed by atoms with Gasteiger partial charge in [0.05, 0.1) is 18.5 Å². The number of hydrogen-bond donors (Lipinski definition) is 1. The molecule has 0 aliphatic rings. The average Bonchev–Trinajstić information content (AvgIpc) is 3.29. The maximum Gasteiger partial charge on any atom is 0.165 e. The summed E-state index contributed by atoms with van der Waals surface area (Å²) in [4.78, 5) is 4.66. The number of aromatic nitrogens is 4. The lowest BCUT2D eigenvalue weighted by atomic mass is 10.2. The van der Waals surface area contributed by atoms with E-state index in [2.05, 4.69) is 15.3 Å². The number of rotatable bonds is 4. The Morgan fingerprint density at radius 2 is 1.92 bits per heavy atom. The quantitative estimate of drug-likeness (QED) is 0.608. The van der Waals surface area contributed by atoms with Crippen LogP contribution in [-0.2, 0) is 0 Å². The summed E-state index contributed by atoms with van der Waals surface area (Å²) in [5, 5.41) is 11.1. The van der Waals surface area contributed by atoms with Gasteiger partial charge in [-0.2, -0.15) is 4.68 Å². The molecule has 6 nitrogen and oxygen atoms in total. The van der Waals surface area contributed by atoms with Crippen molar-refractivity contribution in [2.75, 3.05) is 12.8 Å². The molecule has 7 heteroatoms. The van der Waals surface area contributed by atoms with Gasteiger partial charge < -0.3 is 10.5 Å². The van der Waals surface area contributed by atoms with Crippen LogP contribution in [0, 0.1) is 0 Å². The van der Waals surface area contributed by atoms with Crippen LogP contribution in [0.25, 0.3) is 27.6 Å². The Morgan fingerprint density at radius 1 is 1.08 bits per heavy atom. The standard InChI is InChI=1S/C18H15N5OS/c1-24-14-9-5-6-12(10-14)15-11-25-18(20-15)16-17(19)23(22-21-16)13-7-3-2-4-8-13/h2-11H,19H2,1H3. The normalized spacial score (nSPS) is 10.8. The molecule has 2 heterocycles. The van der Waals surface area contributed by atoms with Crippen molar-refractivity contribution in [3.63, 3.8) is 0 Å². The van der Waals surface area contributed by atoms with E-state index in [-0.39, 0.29) is 0 Å². The SMILES string of the molecule is COc1cccc(-c2csc(-c3nnn(-c4ccccc4)c3N)n2)c1. The van der Waals surface area contributed by atoms with E-state index >= 15 is 0 Å². The van der Waals surface area contributed by atoms with E-state index in [9.17, 15) is 0 Å². The van der Waals surface area contributed by atoms with Crippen LogP contribution in [0.2, 0.25) is 0 Å². The maximum atomic E-state index is 6.25. The Balaban J connectivity index is 1.70. The van der Waals surface area contributed by atoms with E-state index in [1.54, 1.807) is 11.8 Å². The van der Waals surface area contributed by atoms with E-state index in [0.717, 1.165) is 27.7 Å². The van der Waals surface area contributed by atoms with Crippen LogP contribution < -0.4 is 10.5 Å². The first kappa shape index (κ1) is 15.3. The van der Waals surface area contributed by atoms with Crippen molar-refractivity contribution in [3.05, 3.63) is 60.0 Å². The molecule has 25 heavy (non-hydrogen) atoms. The third kappa shape index (κ3) is 2.85. The summed E-state index contributed by atoms with van der Waals surface area (Å²) in [6.45, 7) is 0. The molecular formula is C18H15N5OS. The molecule has 124 valence electrons. The van der Waals surface area contributed by atoms with Crippen molar-refractivity contribution in [3.8, 4) is 33.4 Å². The van der Waals surface area contributed by atoms with Crippen LogP contribution in [0.5, 0.6) is 5.75 Å². The molecule has 2 aromatic heterocycles. The molecule has 0 aliphatic heterocycles. The lowest BCUT2D eigenvalue weighted by molar-refractivity contribution is 0.415. The van der Waals surface area contributed by atoms with Crippen molar-refractivity contribution in [1.29, 1.82) is 0 Å². The van der Waals surface area contributed by atoms with Gasteiger partial charge in [0.25, 0.3) is 0 Å². The van der Waals surface area contributed by atoms with Gasteiger partial charge >= 0.3 is 0 Å². The Hall–Kier alpha value is -3.19. The zero-order valence-electron chi connectivity index (χ0n) is 13.5. The van der Waals surface area contributed by atoms with Crippen molar-refractivity contribution in [2.45, 2.75) is 0 Å². The van der Waals surface area contributed by atoms with Crippen LogP contribution in [0.3, 0.4) is 0 Å². The lowest BCUT2D eigenvalue weighted by Crippen LogP contribution is -2.01. The van der Waals surface area contributed by atoms with Gasteiger partial charge in [0.2, 0.25) is 0 Å². The first-order valence-corrected chi connectivity index (χ1v) is 8.51. The highest BCUT2D eigenvalue weighted by Crippen LogP contribution is 2.32. The number of benzene rings is 2. The summed E-state index contributed by atoms with van der Waals surface area (Å²) in [5.41, 5.74) is 9.53. The Labute approximate surface area is 148 Å². The summed E-state index contributed by atoms with van der Waals surface area (Å²) in [5.74, 6) is 1.26.